The topological polar surface area (TPSA) is 40.5 Å². The molecule has 0 saturated heterocycles. The molecule has 0 aliphatic heterocycles. The van der Waals surface area contributed by atoms with E-state index in [4.69, 9.17) is 5.11 Å². The van der Waals surface area contributed by atoms with Crippen molar-refractivity contribution in [2.75, 3.05) is 6.61 Å². The first-order valence-corrected chi connectivity index (χ1v) is 6.60. The lowest BCUT2D eigenvalue weighted by atomic mass is 10.0. The van der Waals surface area contributed by atoms with Gasteiger partial charge in [-0.15, -0.1) is 0 Å². The van der Waals surface area contributed by atoms with Crippen molar-refractivity contribution >= 4 is 0 Å². The molecule has 0 amide bonds. The number of hydrogen-bond acceptors (Lipinski definition) is 2. The number of rotatable bonds is 11. The lowest BCUT2D eigenvalue weighted by Crippen LogP contribution is -2.04. The number of aliphatic hydroxyl groups excluding tert-OH is 2. The van der Waals surface area contributed by atoms with Crippen molar-refractivity contribution in [2.45, 2.75) is 77.2 Å². The maximum Gasteiger partial charge on any atom is 0.0540 e. The van der Waals surface area contributed by atoms with Crippen molar-refractivity contribution in [3.05, 3.63) is 0 Å². The van der Waals surface area contributed by atoms with Crippen LogP contribution in [0.3, 0.4) is 0 Å². The Morgan fingerprint density at radius 2 is 1.33 bits per heavy atom. The lowest BCUT2D eigenvalue weighted by Gasteiger charge is -2.08. The van der Waals surface area contributed by atoms with Gasteiger partial charge in [-0.3, -0.25) is 0 Å². The average Bonchev–Trinajstić information content (AvgIpc) is 2.22. The molecule has 15 heavy (non-hydrogen) atoms. The van der Waals surface area contributed by atoms with Gasteiger partial charge in [-0.05, 0) is 19.3 Å². The van der Waals surface area contributed by atoms with Crippen LogP contribution in [0.5, 0.6) is 0 Å². The van der Waals surface area contributed by atoms with E-state index in [1.54, 1.807) is 0 Å². The summed E-state index contributed by atoms with van der Waals surface area (Å²) in [6, 6.07) is 0. The fourth-order valence-electron chi connectivity index (χ4n) is 1.85. The van der Waals surface area contributed by atoms with Gasteiger partial charge >= 0.3 is 0 Å². The highest BCUT2D eigenvalue weighted by Gasteiger charge is 2.01. The van der Waals surface area contributed by atoms with Gasteiger partial charge in [-0.1, -0.05) is 51.9 Å². The van der Waals surface area contributed by atoms with Crippen LogP contribution in [0.15, 0.2) is 0 Å². The van der Waals surface area contributed by atoms with Crippen LogP contribution in [0, 0.1) is 0 Å². The third-order valence-corrected chi connectivity index (χ3v) is 2.82. The van der Waals surface area contributed by atoms with Crippen LogP contribution in [-0.2, 0) is 0 Å². The van der Waals surface area contributed by atoms with Crippen LogP contribution in [0.2, 0.25) is 0 Å². The van der Waals surface area contributed by atoms with Crippen molar-refractivity contribution in [3.63, 3.8) is 0 Å². The maximum atomic E-state index is 9.49. The summed E-state index contributed by atoms with van der Waals surface area (Å²) in [5.41, 5.74) is 0. The summed E-state index contributed by atoms with van der Waals surface area (Å²) in [4.78, 5) is 0. The first kappa shape index (κ1) is 14.9. The Hall–Kier alpha value is -0.0800. The minimum atomic E-state index is -0.0654. The standard InChI is InChI=1S/C13H28O2/c1-2-10-13(15)11-8-6-4-3-5-7-9-12-14/h13-15H,2-12H2,1H3. The molecular weight excluding hydrogens is 188 g/mol. The molecule has 0 heterocycles. The second-order valence-electron chi connectivity index (χ2n) is 4.43. The molecular formula is C13H28O2. The smallest absolute Gasteiger partial charge is 0.0540 e. The number of hydrogen-bond donors (Lipinski definition) is 2. The molecule has 2 heteroatoms. The predicted molar refractivity (Wildman–Crippen MR) is 64.9 cm³/mol. The fraction of sp³-hybridized carbons (Fsp3) is 1.00. The zero-order valence-corrected chi connectivity index (χ0v) is 10.2. The van der Waals surface area contributed by atoms with Crippen LogP contribution in [0.25, 0.3) is 0 Å². The molecule has 0 aromatic carbocycles. The summed E-state index contributed by atoms with van der Waals surface area (Å²) in [5, 5.41) is 18.1. The highest BCUT2D eigenvalue weighted by molar-refractivity contribution is 4.55. The van der Waals surface area contributed by atoms with Crippen molar-refractivity contribution < 1.29 is 10.2 Å². The molecule has 0 saturated carbocycles. The van der Waals surface area contributed by atoms with Crippen molar-refractivity contribution in [1.82, 2.24) is 0 Å². The Bertz CT molecular complexity index is 115. The van der Waals surface area contributed by atoms with E-state index in [2.05, 4.69) is 6.92 Å². The zero-order valence-electron chi connectivity index (χ0n) is 10.2. The van der Waals surface area contributed by atoms with Gasteiger partial charge < -0.3 is 10.2 Å². The summed E-state index contributed by atoms with van der Waals surface area (Å²) < 4.78 is 0. The molecule has 0 fully saturated rings. The van der Waals surface area contributed by atoms with Gasteiger partial charge in [0.05, 0.1) is 6.10 Å². The van der Waals surface area contributed by atoms with Crippen molar-refractivity contribution in [3.8, 4) is 0 Å². The zero-order chi connectivity index (χ0) is 11.4. The van der Waals surface area contributed by atoms with E-state index < -0.39 is 0 Å². The van der Waals surface area contributed by atoms with Crippen LogP contribution in [0.1, 0.15) is 71.1 Å². The van der Waals surface area contributed by atoms with Crippen LogP contribution in [0.4, 0.5) is 0 Å². The van der Waals surface area contributed by atoms with E-state index in [9.17, 15) is 5.11 Å². The molecule has 2 N–H and O–H groups in total. The predicted octanol–water partition coefficient (Wildman–Crippen LogP) is 3.26. The summed E-state index contributed by atoms with van der Waals surface area (Å²) in [6.07, 6.45) is 11.3. The van der Waals surface area contributed by atoms with Crippen molar-refractivity contribution in [2.24, 2.45) is 0 Å². The van der Waals surface area contributed by atoms with Crippen LogP contribution in [-0.4, -0.2) is 22.9 Å². The maximum absolute atomic E-state index is 9.49. The summed E-state index contributed by atoms with van der Waals surface area (Å²) >= 11 is 0. The average molecular weight is 216 g/mol. The number of aliphatic hydroxyl groups is 2. The summed E-state index contributed by atoms with van der Waals surface area (Å²) in [5.74, 6) is 0. The van der Waals surface area contributed by atoms with Gasteiger partial charge in [-0.2, -0.15) is 0 Å². The molecule has 0 spiro atoms. The quantitative estimate of drug-likeness (QED) is 0.520. The largest absolute Gasteiger partial charge is 0.396 e. The SMILES string of the molecule is CCCC(O)CCCCCCCCCO. The second kappa shape index (κ2) is 12.0. The monoisotopic (exact) mass is 216 g/mol. The number of unbranched alkanes of at least 4 members (excludes halogenated alkanes) is 6. The highest BCUT2D eigenvalue weighted by atomic mass is 16.3. The van der Waals surface area contributed by atoms with E-state index in [-0.39, 0.29) is 6.10 Å². The van der Waals surface area contributed by atoms with E-state index in [0.29, 0.717) is 6.61 Å². The molecule has 0 aromatic rings. The molecule has 1 unspecified atom stereocenters. The summed E-state index contributed by atoms with van der Waals surface area (Å²) in [7, 11) is 0. The third kappa shape index (κ3) is 11.8. The molecule has 0 rings (SSSR count). The Labute approximate surface area is 94.7 Å². The molecule has 92 valence electrons. The van der Waals surface area contributed by atoms with E-state index in [1.807, 2.05) is 0 Å². The molecule has 2 nitrogen and oxygen atoms in total. The Morgan fingerprint density at radius 1 is 0.800 bits per heavy atom. The van der Waals surface area contributed by atoms with Crippen LogP contribution < -0.4 is 0 Å². The Kier molecular flexibility index (Phi) is 11.9. The van der Waals surface area contributed by atoms with Gasteiger partial charge in [0.15, 0.2) is 0 Å². The normalized spacial score (nSPS) is 13.0. The van der Waals surface area contributed by atoms with Gasteiger partial charge in [0.1, 0.15) is 0 Å². The molecule has 0 bridgehead atoms. The fourth-order valence-corrected chi connectivity index (χ4v) is 1.85. The molecule has 0 aromatic heterocycles. The molecule has 0 radical (unpaired) electrons. The van der Waals surface area contributed by atoms with Crippen molar-refractivity contribution in [1.29, 1.82) is 0 Å². The highest BCUT2D eigenvalue weighted by Crippen LogP contribution is 2.11. The van der Waals surface area contributed by atoms with Gasteiger partial charge in [0, 0.05) is 6.61 Å². The van der Waals surface area contributed by atoms with Crippen LogP contribution >= 0.6 is 0 Å². The summed E-state index contributed by atoms with van der Waals surface area (Å²) in [6.45, 7) is 2.45. The Balaban J connectivity index is 2.98. The molecule has 1 atom stereocenters. The lowest BCUT2D eigenvalue weighted by molar-refractivity contribution is 0.150. The van der Waals surface area contributed by atoms with Gasteiger partial charge in [-0.25, -0.2) is 0 Å². The minimum Gasteiger partial charge on any atom is -0.396 e. The second-order valence-corrected chi connectivity index (χ2v) is 4.43. The first-order valence-electron chi connectivity index (χ1n) is 6.60. The molecule has 0 aliphatic carbocycles. The van der Waals surface area contributed by atoms with Gasteiger partial charge in [0.2, 0.25) is 0 Å². The molecule has 0 aliphatic rings. The van der Waals surface area contributed by atoms with Gasteiger partial charge in [0.25, 0.3) is 0 Å². The third-order valence-electron chi connectivity index (χ3n) is 2.82. The van der Waals surface area contributed by atoms with E-state index in [0.717, 1.165) is 32.1 Å². The van der Waals surface area contributed by atoms with E-state index >= 15 is 0 Å². The Morgan fingerprint density at radius 3 is 1.87 bits per heavy atom. The first-order chi connectivity index (χ1) is 7.31. The van der Waals surface area contributed by atoms with E-state index in [1.165, 1.54) is 32.1 Å². The minimum absolute atomic E-state index is 0.0654.